The highest BCUT2D eigenvalue weighted by molar-refractivity contribution is 5.76. The van der Waals surface area contributed by atoms with Gasteiger partial charge in [0.2, 0.25) is 11.9 Å². The summed E-state index contributed by atoms with van der Waals surface area (Å²) in [5.74, 6) is -0.0601. The number of hydrogen-bond donors (Lipinski definition) is 2. The van der Waals surface area contributed by atoms with E-state index in [0.29, 0.717) is 43.5 Å². The fourth-order valence-electron chi connectivity index (χ4n) is 3.96. The van der Waals surface area contributed by atoms with E-state index >= 15 is 0 Å². The molecule has 8 nitrogen and oxygen atoms in total. The fourth-order valence-corrected chi connectivity index (χ4v) is 3.96. The summed E-state index contributed by atoms with van der Waals surface area (Å²) in [6.07, 6.45) is 0.352. The minimum Gasteiger partial charge on any atom is -0.488 e. The monoisotopic (exact) mass is 480 g/mol. The Balaban J connectivity index is 1.40. The summed E-state index contributed by atoms with van der Waals surface area (Å²) >= 11 is 0. The van der Waals surface area contributed by atoms with Crippen LogP contribution in [0.5, 0.6) is 5.75 Å². The third-order valence-electron chi connectivity index (χ3n) is 5.90. The third-order valence-corrected chi connectivity index (χ3v) is 5.90. The maximum atomic E-state index is 14.0. The smallest absolute Gasteiger partial charge is 0.255 e. The van der Waals surface area contributed by atoms with Crippen LogP contribution in [0.1, 0.15) is 29.3 Å². The molecule has 3 aromatic rings. The first-order valence-electron chi connectivity index (χ1n) is 11.7. The number of halogens is 1. The van der Waals surface area contributed by atoms with Crippen molar-refractivity contribution in [2.45, 2.75) is 25.8 Å². The number of morpholine rings is 1. The first-order chi connectivity index (χ1) is 17.0. The molecule has 0 radical (unpaired) electrons. The molecule has 1 saturated heterocycles. The lowest BCUT2D eigenvalue weighted by Crippen LogP contribution is -2.39. The summed E-state index contributed by atoms with van der Waals surface area (Å²) in [6.45, 7) is 4.36. The van der Waals surface area contributed by atoms with Gasteiger partial charge < -0.3 is 19.7 Å². The van der Waals surface area contributed by atoms with Gasteiger partial charge in [-0.25, -0.2) is 9.37 Å². The average Bonchev–Trinajstić information content (AvgIpc) is 2.88. The van der Waals surface area contributed by atoms with Crippen LogP contribution in [0.2, 0.25) is 0 Å². The van der Waals surface area contributed by atoms with Gasteiger partial charge in [-0.2, -0.15) is 0 Å². The second-order valence-electron chi connectivity index (χ2n) is 8.33. The number of benzene rings is 2. The average molecular weight is 481 g/mol. The van der Waals surface area contributed by atoms with Crippen molar-refractivity contribution < 1.29 is 18.7 Å². The maximum Gasteiger partial charge on any atom is 0.255 e. The number of rotatable bonds is 9. The number of carbonyl (C=O) groups is 1. The summed E-state index contributed by atoms with van der Waals surface area (Å²) in [7, 11) is 0. The van der Waals surface area contributed by atoms with Crippen molar-refractivity contribution in [2.75, 3.05) is 37.8 Å². The van der Waals surface area contributed by atoms with E-state index in [1.807, 2.05) is 35.2 Å². The Morgan fingerprint density at radius 1 is 1.17 bits per heavy atom. The summed E-state index contributed by atoms with van der Waals surface area (Å²) in [5.41, 5.74) is 1.68. The predicted molar refractivity (Wildman–Crippen MR) is 130 cm³/mol. The van der Waals surface area contributed by atoms with Gasteiger partial charge in [0.05, 0.1) is 19.3 Å². The first-order valence-corrected chi connectivity index (χ1v) is 11.7. The molecule has 4 rings (SSSR count). The predicted octanol–water partition coefficient (Wildman–Crippen LogP) is 2.92. The Kier molecular flexibility index (Phi) is 8.10. The van der Waals surface area contributed by atoms with E-state index in [0.717, 1.165) is 5.56 Å². The van der Waals surface area contributed by atoms with Crippen molar-refractivity contribution in [3.8, 4) is 5.75 Å². The number of amides is 1. The van der Waals surface area contributed by atoms with Crippen LogP contribution in [0.4, 0.5) is 10.3 Å². The number of carbonyl (C=O) groups excluding carboxylic acids is 1. The van der Waals surface area contributed by atoms with Crippen LogP contribution in [0, 0.1) is 12.7 Å². The van der Waals surface area contributed by atoms with Crippen molar-refractivity contribution >= 4 is 11.9 Å². The molecule has 1 atom stereocenters. The second-order valence-corrected chi connectivity index (χ2v) is 8.33. The van der Waals surface area contributed by atoms with Crippen molar-refractivity contribution in [1.29, 1.82) is 0 Å². The Morgan fingerprint density at radius 2 is 1.89 bits per heavy atom. The maximum absolute atomic E-state index is 14.0. The van der Waals surface area contributed by atoms with Gasteiger partial charge in [0.25, 0.3) is 5.56 Å². The van der Waals surface area contributed by atoms with Crippen LogP contribution in [0.15, 0.2) is 59.4 Å². The third kappa shape index (κ3) is 6.45. The van der Waals surface area contributed by atoms with Crippen molar-refractivity contribution in [3.05, 3.63) is 87.6 Å². The molecule has 184 valence electrons. The lowest BCUT2D eigenvalue weighted by atomic mass is 10.1. The largest absolute Gasteiger partial charge is 0.488 e. The van der Waals surface area contributed by atoms with Gasteiger partial charge in [-0.05, 0) is 31.0 Å². The van der Waals surface area contributed by atoms with Crippen LogP contribution in [0.3, 0.4) is 0 Å². The highest BCUT2D eigenvalue weighted by Crippen LogP contribution is 2.20. The molecule has 9 heteroatoms. The van der Waals surface area contributed by atoms with E-state index in [1.54, 1.807) is 25.1 Å². The molecule has 2 aromatic carbocycles. The molecule has 1 aliphatic rings. The molecular formula is C26H29FN4O4. The van der Waals surface area contributed by atoms with Gasteiger partial charge in [-0.15, -0.1) is 0 Å². The van der Waals surface area contributed by atoms with Gasteiger partial charge in [0.1, 0.15) is 6.61 Å². The quantitative estimate of drug-likeness (QED) is 0.489. The normalized spacial score (nSPS) is 14.4. The molecule has 35 heavy (non-hydrogen) atoms. The molecule has 2 N–H and O–H groups in total. The van der Waals surface area contributed by atoms with E-state index in [-0.39, 0.29) is 36.7 Å². The molecule has 1 fully saturated rings. The Bertz CT molecular complexity index is 1200. The van der Waals surface area contributed by atoms with E-state index in [2.05, 4.69) is 15.3 Å². The zero-order chi connectivity index (χ0) is 24.6. The van der Waals surface area contributed by atoms with Gasteiger partial charge in [0, 0.05) is 30.8 Å². The van der Waals surface area contributed by atoms with Gasteiger partial charge in [-0.1, -0.05) is 42.5 Å². The standard InChI is InChI=1S/C26H29FN4O4/c1-18-20(25(33)30-26(28-18)31-13-15-34-16-14-31)11-12-24(32)29-22(19-7-3-2-4-8-19)17-35-23-10-6-5-9-21(23)27/h2-10,22H,11-17H2,1H3,(H,29,32)(H,28,30,33). The number of hydrogen-bond acceptors (Lipinski definition) is 6. The Morgan fingerprint density at radius 3 is 2.60 bits per heavy atom. The van der Waals surface area contributed by atoms with Crippen LogP contribution in [-0.2, 0) is 16.0 Å². The minimum atomic E-state index is -0.482. The lowest BCUT2D eigenvalue weighted by molar-refractivity contribution is -0.122. The van der Waals surface area contributed by atoms with Crippen molar-refractivity contribution in [2.24, 2.45) is 0 Å². The van der Waals surface area contributed by atoms with Crippen LogP contribution in [-0.4, -0.2) is 48.8 Å². The number of aromatic amines is 1. The van der Waals surface area contributed by atoms with E-state index < -0.39 is 11.9 Å². The van der Waals surface area contributed by atoms with Crippen molar-refractivity contribution in [1.82, 2.24) is 15.3 Å². The minimum absolute atomic E-state index is 0.0616. The summed E-state index contributed by atoms with van der Waals surface area (Å²) in [5, 5.41) is 2.95. The van der Waals surface area contributed by atoms with Crippen molar-refractivity contribution in [3.63, 3.8) is 0 Å². The number of aromatic nitrogens is 2. The molecule has 1 aromatic heterocycles. The molecule has 0 spiro atoms. The lowest BCUT2D eigenvalue weighted by Gasteiger charge is -2.27. The zero-order valence-corrected chi connectivity index (χ0v) is 19.6. The molecule has 0 bridgehead atoms. The number of anilines is 1. The summed E-state index contributed by atoms with van der Waals surface area (Å²) in [4.78, 5) is 34.9. The summed E-state index contributed by atoms with van der Waals surface area (Å²) < 4.78 is 25.0. The Labute approximate surface area is 203 Å². The molecule has 1 unspecified atom stereocenters. The van der Waals surface area contributed by atoms with Crippen LogP contribution < -0.4 is 20.5 Å². The van der Waals surface area contributed by atoms with Gasteiger partial charge >= 0.3 is 0 Å². The molecule has 2 heterocycles. The number of nitrogens with zero attached hydrogens (tertiary/aromatic N) is 2. The first kappa shape index (κ1) is 24.4. The fraction of sp³-hybridized carbons (Fsp3) is 0.346. The van der Waals surface area contributed by atoms with E-state index in [1.165, 1.54) is 6.07 Å². The van der Waals surface area contributed by atoms with Crippen LogP contribution in [0.25, 0.3) is 0 Å². The number of aryl methyl sites for hydroxylation is 1. The highest BCUT2D eigenvalue weighted by atomic mass is 19.1. The topological polar surface area (TPSA) is 96.6 Å². The second kappa shape index (κ2) is 11.6. The number of nitrogens with one attached hydrogen (secondary N) is 2. The van der Waals surface area contributed by atoms with E-state index in [9.17, 15) is 14.0 Å². The molecular weight excluding hydrogens is 451 g/mol. The molecule has 0 aliphatic carbocycles. The number of H-pyrrole nitrogens is 1. The Hall–Kier alpha value is -3.72. The SMILES string of the molecule is Cc1nc(N2CCOCC2)[nH]c(=O)c1CCC(=O)NC(COc1ccccc1F)c1ccccc1. The van der Waals surface area contributed by atoms with E-state index in [4.69, 9.17) is 9.47 Å². The molecule has 1 amide bonds. The number of ether oxygens (including phenoxy) is 2. The number of para-hydroxylation sites is 1. The highest BCUT2D eigenvalue weighted by Gasteiger charge is 2.19. The molecule has 0 saturated carbocycles. The van der Waals surface area contributed by atoms with Crippen LogP contribution >= 0.6 is 0 Å². The van der Waals surface area contributed by atoms with Gasteiger partial charge in [-0.3, -0.25) is 14.6 Å². The summed E-state index contributed by atoms with van der Waals surface area (Å²) in [6, 6.07) is 15.0. The van der Waals surface area contributed by atoms with Gasteiger partial charge in [0.15, 0.2) is 11.6 Å². The zero-order valence-electron chi connectivity index (χ0n) is 19.6. The molecule has 1 aliphatic heterocycles.